The van der Waals surface area contributed by atoms with Gasteiger partial charge in [-0.3, -0.25) is 4.79 Å². The van der Waals surface area contributed by atoms with Crippen LogP contribution in [0.25, 0.3) is 0 Å². The minimum atomic E-state index is -0.355. The van der Waals surface area contributed by atoms with Crippen molar-refractivity contribution in [3.8, 4) is 0 Å². The Balaban J connectivity index is 1.59. The Hall–Kier alpha value is -3.31. The van der Waals surface area contributed by atoms with E-state index in [1.165, 1.54) is 11.1 Å². The van der Waals surface area contributed by atoms with Gasteiger partial charge in [-0.05, 0) is 37.1 Å². The molecule has 2 N–H and O–H groups in total. The third kappa shape index (κ3) is 5.25. The molecule has 5 heteroatoms. The van der Waals surface area contributed by atoms with Crippen LogP contribution in [0.2, 0.25) is 0 Å². The Labute approximate surface area is 187 Å². The average Bonchev–Trinajstić information content (AvgIpc) is 2.78. The van der Waals surface area contributed by atoms with Crippen molar-refractivity contribution in [2.24, 2.45) is 4.99 Å². The second-order valence-corrected chi connectivity index (χ2v) is 8.47. The van der Waals surface area contributed by atoms with Gasteiger partial charge in [0, 0.05) is 17.1 Å². The number of amides is 1. The topological polar surface area (TPSA) is 53.5 Å². The highest BCUT2D eigenvalue weighted by Gasteiger charge is 2.29. The van der Waals surface area contributed by atoms with Crippen LogP contribution in [-0.4, -0.2) is 11.1 Å². The second kappa shape index (κ2) is 9.67. The van der Waals surface area contributed by atoms with E-state index in [2.05, 4.69) is 41.8 Å². The van der Waals surface area contributed by atoms with Crippen molar-refractivity contribution in [1.29, 1.82) is 0 Å². The molecule has 0 bridgehead atoms. The van der Waals surface area contributed by atoms with Gasteiger partial charge in [0.25, 0.3) is 5.91 Å². The number of benzene rings is 3. The summed E-state index contributed by atoms with van der Waals surface area (Å²) < 4.78 is 0. The number of thioether (sulfide) groups is 1. The van der Waals surface area contributed by atoms with Crippen molar-refractivity contribution in [2.45, 2.75) is 25.6 Å². The molecule has 0 aromatic heterocycles. The maximum Gasteiger partial charge on any atom is 0.255 e. The number of aryl methyl sites for hydroxylation is 1. The fourth-order valence-corrected chi connectivity index (χ4v) is 4.45. The van der Waals surface area contributed by atoms with E-state index in [4.69, 9.17) is 4.99 Å². The highest BCUT2D eigenvalue weighted by Crippen LogP contribution is 2.33. The molecule has 0 fully saturated rings. The molecule has 0 saturated heterocycles. The summed E-state index contributed by atoms with van der Waals surface area (Å²) in [5.74, 6) is 0.671. The van der Waals surface area contributed by atoms with Crippen LogP contribution in [0.3, 0.4) is 0 Å². The van der Waals surface area contributed by atoms with Crippen LogP contribution in [0.15, 0.2) is 101 Å². The Morgan fingerprint density at radius 3 is 2.39 bits per heavy atom. The number of carbonyl (C=O) groups excluding carboxylic acids is 1. The first-order valence-corrected chi connectivity index (χ1v) is 11.2. The quantitative estimate of drug-likeness (QED) is 0.538. The minimum absolute atomic E-state index is 0.142. The Morgan fingerprint density at radius 1 is 0.968 bits per heavy atom. The van der Waals surface area contributed by atoms with E-state index in [0.29, 0.717) is 5.57 Å². The molecule has 4 nitrogen and oxygen atoms in total. The van der Waals surface area contributed by atoms with E-state index < -0.39 is 0 Å². The lowest BCUT2D eigenvalue weighted by molar-refractivity contribution is -0.113. The monoisotopic (exact) mass is 427 g/mol. The van der Waals surface area contributed by atoms with Crippen LogP contribution in [0.1, 0.15) is 29.7 Å². The summed E-state index contributed by atoms with van der Waals surface area (Å²) in [6.45, 7) is 4.04. The van der Waals surface area contributed by atoms with Gasteiger partial charge in [-0.25, -0.2) is 4.99 Å². The van der Waals surface area contributed by atoms with Crippen molar-refractivity contribution in [1.82, 2.24) is 5.32 Å². The van der Waals surface area contributed by atoms with E-state index in [1.54, 1.807) is 11.8 Å². The molecule has 0 radical (unpaired) electrons. The van der Waals surface area contributed by atoms with E-state index in [-0.39, 0.29) is 11.9 Å². The zero-order valence-corrected chi connectivity index (χ0v) is 18.4. The molecule has 1 aliphatic heterocycles. The number of rotatable bonds is 5. The predicted molar refractivity (Wildman–Crippen MR) is 130 cm³/mol. The van der Waals surface area contributed by atoms with E-state index in [0.717, 1.165) is 27.9 Å². The van der Waals surface area contributed by atoms with Gasteiger partial charge in [-0.2, -0.15) is 0 Å². The van der Waals surface area contributed by atoms with Gasteiger partial charge in [0.15, 0.2) is 5.17 Å². The minimum Gasteiger partial charge on any atom is -0.338 e. The maximum atomic E-state index is 13.2. The first-order valence-electron chi connectivity index (χ1n) is 10.3. The Kier molecular flexibility index (Phi) is 6.53. The number of anilines is 1. The lowest BCUT2D eigenvalue weighted by Gasteiger charge is -2.26. The Bertz CT molecular complexity index is 1120. The van der Waals surface area contributed by atoms with Gasteiger partial charge >= 0.3 is 0 Å². The van der Waals surface area contributed by atoms with Crippen LogP contribution < -0.4 is 10.6 Å². The number of aliphatic imine (C=N–C) groups is 1. The van der Waals surface area contributed by atoms with E-state index >= 15 is 0 Å². The average molecular weight is 428 g/mol. The summed E-state index contributed by atoms with van der Waals surface area (Å²) in [4.78, 5) is 18.1. The number of hydrogen-bond donors (Lipinski definition) is 2. The molecule has 3 aromatic rings. The van der Waals surface area contributed by atoms with Crippen molar-refractivity contribution in [2.75, 3.05) is 5.32 Å². The zero-order chi connectivity index (χ0) is 21.6. The largest absolute Gasteiger partial charge is 0.338 e. The summed E-state index contributed by atoms with van der Waals surface area (Å²) in [5, 5.41) is 7.18. The standard InChI is InChI=1S/C26H25N3OS/c1-18-10-9-11-20(16-18)17-31-26-27-19(2)23(24(29-26)21-12-5-3-6-13-21)25(30)28-22-14-7-4-8-15-22/h3-16,24H,17H2,1-2H3,(H,27,29)(H,28,30)/t24-/m0/s1. The number of nitrogens with zero attached hydrogens (tertiary/aromatic N) is 1. The SMILES string of the molecule is CC1=C(C(=O)Nc2ccccc2)[C@H](c2ccccc2)N=C(SCc2cccc(C)c2)N1. The molecule has 0 saturated carbocycles. The lowest BCUT2D eigenvalue weighted by atomic mass is 9.96. The number of carbonyl (C=O) groups is 1. The normalized spacial score (nSPS) is 15.8. The molecule has 0 spiro atoms. The second-order valence-electron chi connectivity index (χ2n) is 7.51. The molecule has 31 heavy (non-hydrogen) atoms. The summed E-state index contributed by atoms with van der Waals surface area (Å²) in [6.07, 6.45) is 0. The molecule has 1 heterocycles. The third-order valence-electron chi connectivity index (χ3n) is 5.07. The summed E-state index contributed by atoms with van der Waals surface area (Å²) in [7, 11) is 0. The number of nitrogens with one attached hydrogen (secondary N) is 2. The molecule has 0 unspecified atom stereocenters. The molecule has 1 aliphatic rings. The van der Waals surface area contributed by atoms with Gasteiger partial charge in [-0.1, -0.05) is 90.1 Å². The van der Waals surface area contributed by atoms with Crippen molar-refractivity contribution in [3.05, 3.63) is 113 Å². The first-order chi connectivity index (χ1) is 15.1. The fourth-order valence-electron chi connectivity index (χ4n) is 3.56. The van der Waals surface area contributed by atoms with Gasteiger partial charge in [0.05, 0.1) is 5.57 Å². The molecular weight excluding hydrogens is 402 g/mol. The maximum absolute atomic E-state index is 13.2. The van der Waals surface area contributed by atoms with Crippen LogP contribution in [0.5, 0.6) is 0 Å². The van der Waals surface area contributed by atoms with Crippen molar-refractivity contribution < 1.29 is 4.79 Å². The molecule has 1 atom stereocenters. The molecule has 0 aliphatic carbocycles. The third-order valence-corrected chi connectivity index (χ3v) is 6.03. The van der Waals surface area contributed by atoms with Gasteiger partial charge in [0.2, 0.25) is 0 Å². The van der Waals surface area contributed by atoms with Gasteiger partial charge in [-0.15, -0.1) is 0 Å². The van der Waals surface area contributed by atoms with Gasteiger partial charge in [0.1, 0.15) is 6.04 Å². The van der Waals surface area contributed by atoms with Crippen molar-refractivity contribution in [3.63, 3.8) is 0 Å². The Morgan fingerprint density at radius 2 is 1.68 bits per heavy atom. The predicted octanol–water partition coefficient (Wildman–Crippen LogP) is 5.84. The van der Waals surface area contributed by atoms with Crippen LogP contribution in [0, 0.1) is 6.92 Å². The molecule has 1 amide bonds. The van der Waals surface area contributed by atoms with E-state index in [1.807, 2.05) is 67.6 Å². The molecule has 4 rings (SSSR count). The number of para-hydroxylation sites is 1. The lowest BCUT2D eigenvalue weighted by Crippen LogP contribution is -2.32. The first kappa shape index (κ1) is 20.9. The number of amidine groups is 1. The van der Waals surface area contributed by atoms with Crippen LogP contribution in [0.4, 0.5) is 5.69 Å². The van der Waals surface area contributed by atoms with Crippen LogP contribution >= 0.6 is 11.8 Å². The fraction of sp³-hybridized carbons (Fsp3) is 0.154. The van der Waals surface area contributed by atoms with E-state index in [9.17, 15) is 4.79 Å². The number of hydrogen-bond acceptors (Lipinski definition) is 4. The number of allylic oxidation sites excluding steroid dienone is 1. The molecule has 156 valence electrons. The zero-order valence-electron chi connectivity index (χ0n) is 17.6. The molecule has 3 aromatic carbocycles. The highest BCUT2D eigenvalue weighted by atomic mass is 32.2. The smallest absolute Gasteiger partial charge is 0.255 e. The highest BCUT2D eigenvalue weighted by molar-refractivity contribution is 8.13. The van der Waals surface area contributed by atoms with Crippen molar-refractivity contribution >= 4 is 28.5 Å². The summed E-state index contributed by atoms with van der Waals surface area (Å²) in [5.41, 5.74) is 5.71. The molecular formula is C26H25N3OS. The summed E-state index contributed by atoms with van der Waals surface area (Å²) >= 11 is 1.65. The summed E-state index contributed by atoms with van der Waals surface area (Å²) in [6, 6.07) is 27.6. The van der Waals surface area contributed by atoms with Crippen LogP contribution in [-0.2, 0) is 10.5 Å². The van der Waals surface area contributed by atoms with Gasteiger partial charge < -0.3 is 10.6 Å².